The van der Waals surface area contributed by atoms with Crippen molar-refractivity contribution in [3.63, 3.8) is 0 Å². The third kappa shape index (κ3) is 5.71. The molecule has 5 nitrogen and oxygen atoms in total. The smallest absolute Gasteiger partial charge is 0.210 e. The van der Waals surface area contributed by atoms with Gasteiger partial charge < -0.3 is 5.32 Å². The molecule has 1 N–H and O–H groups in total. The molecule has 1 aromatic rings. The van der Waals surface area contributed by atoms with Gasteiger partial charge in [-0.15, -0.1) is 11.0 Å². The van der Waals surface area contributed by atoms with E-state index in [1.165, 1.54) is 0 Å². The van der Waals surface area contributed by atoms with E-state index in [0.717, 1.165) is 24.0 Å². The van der Waals surface area contributed by atoms with Gasteiger partial charge in [-0.05, 0) is 38.1 Å². The van der Waals surface area contributed by atoms with Gasteiger partial charge in [-0.3, -0.25) is 0 Å². The van der Waals surface area contributed by atoms with Gasteiger partial charge in [-0.1, -0.05) is 17.7 Å². The predicted octanol–water partition coefficient (Wildman–Crippen LogP) is 1.18. The Morgan fingerprint density at radius 1 is 1.41 bits per heavy atom. The summed E-state index contributed by atoms with van der Waals surface area (Å²) in [6.07, 6.45) is 0. The van der Waals surface area contributed by atoms with E-state index in [1.807, 2.05) is 6.92 Å². The summed E-state index contributed by atoms with van der Waals surface area (Å²) < 4.78 is 1.81. The Morgan fingerprint density at radius 3 is 2.82 bits per heavy atom. The average Bonchev–Trinajstić information content (AvgIpc) is 2.64. The molecule has 17 heavy (non-hydrogen) atoms. The first-order chi connectivity index (χ1) is 8.03. The van der Waals surface area contributed by atoms with E-state index < -0.39 is 0 Å². The molecular formula is C11H19N5S. The second kappa shape index (κ2) is 6.62. The van der Waals surface area contributed by atoms with E-state index in [4.69, 9.17) is 0 Å². The number of rotatable bonds is 5. The van der Waals surface area contributed by atoms with Crippen LogP contribution in [0.15, 0.2) is 5.16 Å². The standard InChI is InChI=1S/C11H19N5S/c1-5-6-9-17-10-13-14-15-16(10)8-7-12-11(2,3)4/h12H,7-9H2,1-4H3. The summed E-state index contributed by atoms with van der Waals surface area (Å²) in [5.41, 5.74) is 0.120. The molecule has 0 atom stereocenters. The van der Waals surface area contributed by atoms with Crippen molar-refractivity contribution in [2.75, 3.05) is 12.3 Å². The van der Waals surface area contributed by atoms with Crippen LogP contribution in [0.5, 0.6) is 0 Å². The van der Waals surface area contributed by atoms with Crippen LogP contribution in [-0.4, -0.2) is 38.0 Å². The van der Waals surface area contributed by atoms with Crippen LogP contribution in [0.25, 0.3) is 0 Å². The number of hydrogen-bond acceptors (Lipinski definition) is 5. The van der Waals surface area contributed by atoms with Crippen molar-refractivity contribution in [3.05, 3.63) is 0 Å². The first-order valence-electron chi connectivity index (χ1n) is 5.56. The Morgan fingerprint density at radius 2 is 2.18 bits per heavy atom. The van der Waals surface area contributed by atoms with Crippen molar-refractivity contribution in [2.24, 2.45) is 0 Å². The van der Waals surface area contributed by atoms with Crippen LogP contribution >= 0.6 is 11.8 Å². The fourth-order valence-electron chi connectivity index (χ4n) is 1.15. The quantitative estimate of drug-likeness (QED) is 0.631. The zero-order valence-corrected chi connectivity index (χ0v) is 11.6. The molecule has 0 saturated heterocycles. The molecule has 0 radical (unpaired) electrons. The van der Waals surface area contributed by atoms with E-state index in [1.54, 1.807) is 16.4 Å². The Bertz CT molecular complexity index is 396. The summed E-state index contributed by atoms with van der Waals surface area (Å²) in [5.74, 6) is 6.56. The van der Waals surface area contributed by atoms with Crippen molar-refractivity contribution < 1.29 is 0 Å². The van der Waals surface area contributed by atoms with Crippen molar-refractivity contribution in [3.8, 4) is 11.8 Å². The summed E-state index contributed by atoms with van der Waals surface area (Å²) in [4.78, 5) is 0. The summed E-state index contributed by atoms with van der Waals surface area (Å²) in [5, 5.41) is 15.8. The molecule has 6 heteroatoms. The van der Waals surface area contributed by atoms with Crippen LogP contribution in [-0.2, 0) is 6.54 Å². The molecule has 94 valence electrons. The molecule has 0 fully saturated rings. The van der Waals surface area contributed by atoms with E-state index in [0.29, 0.717) is 0 Å². The summed E-state index contributed by atoms with van der Waals surface area (Å²) >= 11 is 1.56. The van der Waals surface area contributed by atoms with E-state index >= 15 is 0 Å². The number of nitrogens with zero attached hydrogens (tertiary/aromatic N) is 4. The van der Waals surface area contributed by atoms with Gasteiger partial charge in [-0.25, -0.2) is 4.68 Å². The van der Waals surface area contributed by atoms with Gasteiger partial charge >= 0.3 is 0 Å². The Hall–Kier alpha value is -1.06. The molecule has 0 bridgehead atoms. The first kappa shape index (κ1) is 14.0. The highest BCUT2D eigenvalue weighted by Crippen LogP contribution is 2.12. The summed E-state index contributed by atoms with van der Waals surface area (Å²) in [7, 11) is 0. The SMILES string of the molecule is CC#CCSc1nnnn1CCNC(C)(C)C. The lowest BCUT2D eigenvalue weighted by atomic mass is 10.1. The molecule has 0 amide bonds. The van der Waals surface area contributed by atoms with Gasteiger partial charge in [-0.2, -0.15) is 0 Å². The number of tetrazole rings is 1. The van der Waals surface area contributed by atoms with Crippen molar-refractivity contribution in [1.82, 2.24) is 25.5 Å². The number of nitrogens with one attached hydrogen (secondary N) is 1. The maximum Gasteiger partial charge on any atom is 0.210 e. The van der Waals surface area contributed by atoms with Crippen LogP contribution in [0.2, 0.25) is 0 Å². The number of aromatic nitrogens is 4. The second-order valence-electron chi connectivity index (χ2n) is 4.58. The average molecular weight is 253 g/mol. The molecular weight excluding hydrogens is 234 g/mol. The van der Waals surface area contributed by atoms with E-state index in [9.17, 15) is 0 Å². The van der Waals surface area contributed by atoms with Gasteiger partial charge in [0.05, 0.1) is 12.3 Å². The summed E-state index contributed by atoms with van der Waals surface area (Å²) in [6.45, 7) is 9.86. The lowest BCUT2D eigenvalue weighted by Gasteiger charge is -2.20. The molecule has 0 saturated carbocycles. The van der Waals surface area contributed by atoms with Crippen LogP contribution in [0, 0.1) is 11.8 Å². The van der Waals surface area contributed by atoms with Crippen molar-refractivity contribution in [1.29, 1.82) is 0 Å². The molecule has 0 aromatic carbocycles. The zero-order valence-electron chi connectivity index (χ0n) is 10.8. The van der Waals surface area contributed by atoms with Gasteiger partial charge in [0.2, 0.25) is 5.16 Å². The molecule has 0 aliphatic rings. The van der Waals surface area contributed by atoms with Crippen LogP contribution in [0.1, 0.15) is 27.7 Å². The van der Waals surface area contributed by atoms with Crippen LogP contribution < -0.4 is 5.32 Å². The predicted molar refractivity (Wildman–Crippen MR) is 69.7 cm³/mol. The first-order valence-corrected chi connectivity index (χ1v) is 6.55. The third-order valence-corrected chi connectivity index (χ3v) is 2.77. The van der Waals surface area contributed by atoms with Gasteiger partial charge in [0, 0.05) is 12.1 Å². The highest BCUT2D eigenvalue weighted by atomic mass is 32.2. The molecule has 0 unspecified atom stereocenters. The topological polar surface area (TPSA) is 55.6 Å². The maximum absolute atomic E-state index is 3.97. The fourth-order valence-corrected chi connectivity index (χ4v) is 1.87. The van der Waals surface area contributed by atoms with Gasteiger partial charge in [0.1, 0.15) is 0 Å². The van der Waals surface area contributed by atoms with Crippen molar-refractivity contribution >= 4 is 11.8 Å². The van der Waals surface area contributed by atoms with Gasteiger partial charge in [0.25, 0.3) is 0 Å². The van der Waals surface area contributed by atoms with Crippen LogP contribution in [0.3, 0.4) is 0 Å². The summed E-state index contributed by atoms with van der Waals surface area (Å²) in [6, 6.07) is 0. The number of thioether (sulfide) groups is 1. The second-order valence-corrected chi connectivity index (χ2v) is 5.52. The van der Waals surface area contributed by atoms with Crippen LogP contribution in [0.4, 0.5) is 0 Å². The van der Waals surface area contributed by atoms with E-state index in [2.05, 4.69) is 53.5 Å². The Labute approximate surface area is 107 Å². The molecule has 1 aromatic heterocycles. The molecule has 0 aliphatic heterocycles. The third-order valence-electron chi connectivity index (χ3n) is 1.93. The maximum atomic E-state index is 3.97. The molecule has 0 spiro atoms. The molecule has 0 aliphatic carbocycles. The monoisotopic (exact) mass is 253 g/mol. The number of hydrogen-bond donors (Lipinski definition) is 1. The lowest BCUT2D eigenvalue weighted by molar-refractivity contribution is 0.396. The zero-order chi connectivity index (χ0) is 12.7. The minimum atomic E-state index is 0.120. The molecule has 1 rings (SSSR count). The van der Waals surface area contributed by atoms with Crippen molar-refractivity contribution in [2.45, 2.75) is 44.9 Å². The fraction of sp³-hybridized carbons (Fsp3) is 0.727. The Balaban J connectivity index is 2.42. The highest BCUT2D eigenvalue weighted by Gasteiger charge is 2.10. The highest BCUT2D eigenvalue weighted by molar-refractivity contribution is 7.99. The lowest BCUT2D eigenvalue weighted by Crippen LogP contribution is -2.38. The Kier molecular flexibility index (Phi) is 5.45. The largest absolute Gasteiger partial charge is 0.310 e. The van der Waals surface area contributed by atoms with E-state index in [-0.39, 0.29) is 5.54 Å². The van der Waals surface area contributed by atoms with Gasteiger partial charge in [0.15, 0.2) is 0 Å². The minimum Gasteiger partial charge on any atom is -0.310 e. The minimum absolute atomic E-state index is 0.120. The normalized spacial score (nSPS) is 11.1. The molecule has 1 heterocycles.